The van der Waals surface area contributed by atoms with E-state index in [-0.39, 0.29) is 0 Å². The number of piperidine rings is 1. The molecule has 4 nitrogen and oxygen atoms in total. The molecule has 1 saturated heterocycles. The maximum Gasteiger partial charge on any atom is 0.191 e. The van der Waals surface area contributed by atoms with E-state index in [0.717, 1.165) is 31.7 Å². The fourth-order valence-corrected chi connectivity index (χ4v) is 3.06. The molecule has 100 valence electrons. The number of likely N-dealkylation sites (tertiary alicyclic amines) is 1. The smallest absolute Gasteiger partial charge is 0.191 e. The second-order valence-electron chi connectivity index (χ2n) is 4.79. The molecule has 2 N–H and O–H groups in total. The molecule has 1 aromatic heterocycles. The van der Waals surface area contributed by atoms with Crippen molar-refractivity contribution < 1.29 is 0 Å². The van der Waals surface area contributed by atoms with E-state index in [1.807, 2.05) is 0 Å². The van der Waals surface area contributed by atoms with Crippen molar-refractivity contribution >= 4 is 17.3 Å². The summed E-state index contributed by atoms with van der Waals surface area (Å²) < 4.78 is 0. The Morgan fingerprint density at radius 2 is 2.06 bits per heavy atom. The average molecular weight is 266 g/mol. The number of nitrogens with two attached hydrogens (primary N) is 1. The lowest BCUT2D eigenvalue weighted by molar-refractivity contribution is 0.338. The molecule has 0 radical (unpaired) electrons. The number of rotatable bonds is 3. The highest BCUT2D eigenvalue weighted by atomic mass is 32.1. The van der Waals surface area contributed by atoms with Gasteiger partial charge in [0.25, 0.3) is 0 Å². The first kappa shape index (κ1) is 13.3. The Kier molecular flexibility index (Phi) is 4.58. The van der Waals surface area contributed by atoms with Gasteiger partial charge in [-0.1, -0.05) is 0 Å². The van der Waals surface area contributed by atoms with E-state index in [2.05, 4.69) is 28.7 Å². The molecule has 0 aromatic carbocycles. The summed E-state index contributed by atoms with van der Waals surface area (Å²) in [7, 11) is 0. The van der Waals surface area contributed by atoms with Crippen molar-refractivity contribution in [2.45, 2.75) is 39.5 Å². The number of aliphatic imine (C=N–C) groups is 1. The van der Waals surface area contributed by atoms with Gasteiger partial charge in [-0.25, -0.2) is 4.98 Å². The SMILES string of the molecule is Cc1nc(CCN=C(N)N2CCCCC2)sc1C. The molecule has 1 aromatic rings. The Labute approximate surface area is 113 Å². The zero-order valence-electron chi connectivity index (χ0n) is 11.3. The highest BCUT2D eigenvalue weighted by molar-refractivity contribution is 7.11. The van der Waals surface area contributed by atoms with Gasteiger partial charge in [-0.2, -0.15) is 0 Å². The zero-order valence-corrected chi connectivity index (χ0v) is 12.1. The van der Waals surface area contributed by atoms with Crippen LogP contribution in [0.4, 0.5) is 0 Å². The van der Waals surface area contributed by atoms with Gasteiger partial charge in [0.05, 0.1) is 10.7 Å². The maximum absolute atomic E-state index is 6.01. The molecule has 2 heterocycles. The number of aryl methyl sites for hydroxylation is 2. The zero-order chi connectivity index (χ0) is 13.0. The number of thiazole rings is 1. The molecule has 5 heteroatoms. The van der Waals surface area contributed by atoms with E-state index < -0.39 is 0 Å². The molecule has 0 spiro atoms. The van der Waals surface area contributed by atoms with Crippen LogP contribution in [0.15, 0.2) is 4.99 Å². The van der Waals surface area contributed by atoms with Gasteiger partial charge in [-0.3, -0.25) is 4.99 Å². The molecule has 0 unspecified atom stereocenters. The van der Waals surface area contributed by atoms with E-state index >= 15 is 0 Å². The number of hydrogen-bond donors (Lipinski definition) is 1. The van der Waals surface area contributed by atoms with E-state index in [0.29, 0.717) is 5.96 Å². The Balaban J connectivity index is 1.82. The van der Waals surface area contributed by atoms with E-state index in [4.69, 9.17) is 5.73 Å². The normalized spacial score (nSPS) is 17.2. The minimum absolute atomic E-state index is 0.708. The van der Waals surface area contributed by atoms with Gasteiger partial charge < -0.3 is 10.6 Å². The van der Waals surface area contributed by atoms with Crippen LogP contribution in [0.2, 0.25) is 0 Å². The lowest BCUT2D eigenvalue weighted by Crippen LogP contribution is -2.41. The third-order valence-electron chi connectivity index (χ3n) is 3.35. The Bertz CT molecular complexity index is 399. The predicted octanol–water partition coefficient (Wildman–Crippen LogP) is 2.10. The molecule has 0 amide bonds. The van der Waals surface area contributed by atoms with Crippen LogP contribution in [0.25, 0.3) is 0 Å². The molecular weight excluding hydrogens is 244 g/mol. The predicted molar refractivity (Wildman–Crippen MR) is 77.2 cm³/mol. The van der Waals surface area contributed by atoms with Crippen molar-refractivity contribution in [1.29, 1.82) is 0 Å². The van der Waals surface area contributed by atoms with E-state index in [9.17, 15) is 0 Å². The van der Waals surface area contributed by atoms with Crippen molar-refractivity contribution in [3.63, 3.8) is 0 Å². The van der Waals surface area contributed by atoms with Crippen LogP contribution < -0.4 is 5.73 Å². The summed E-state index contributed by atoms with van der Waals surface area (Å²) in [5.41, 5.74) is 7.15. The van der Waals surface area contributed by atoms with Crippen LogP contribution >= 0.6 is 11.3 Å². The fourth-order valence-electron chi connectivity index (χ4n) is 2.14. The Morgan fingerprint density at radius 3 is 2.67 bits per heavy atom. The molecule has 1 aliphatic rings. The summed E-state index contributed by atoms with van der Waals surface area (Å²) in [5, 5.41) is 1.17. The topological polar surface area (TPSA) is 54.5 Å². The van der Waals surface area contributed by atoms with Crippen molar-refractivity contribution in [2.24, 2.45) is 10.7 Å². The van der Waals surface area contributed by atoms with Crippen molar-refractivity contribution in [1.82, 2.24) is 9.88 Å². The van der Waals surface area contributed by atoms with Gasteiger partial charge >= 0.3 is 0 Å². The van der Waals surface area contributed by atoms with Crippen molar-refractivity contribution in [3.8, 4) is 0 Å². The van der Waals surface area contributed by atoms with Gasteiger partial charge in [0.15, 0.2) is 5.96 Å². The third kappa shape index (κ3) is 3.45. The Hall–Kier alpha value is -1.10. The summed E-state index contributed by atoms with van der Waals surface area (Å²) in [6.45, 7) is 7.03. The van der Waals surface area contributed by atoms with Crippen LogP contribution in [0.1, 0.15) is 34.8 Å². The largest absolute Gasteiger partial charge is 0.370 e. The van der Waals surface area contributed by atoms with Crippen LogP contribution in [-0.2, 0) is 6.42 Å². The van der Waals surface area contributed by atoms with Gasteiger partial charge in [-0.05, 0) is 33.1 Å². The first-order chi connectivity index (χ1) is 8.66. The molecule has 0 aliphatic carbocycles. The summed E-state index contributed by atoms with van der Waals surface area (Å²) in [6, 6.07) is 0. The number of guanidine groups is 1. The third-order valence-corrected chi connectivity index (χ3v) is 4.48. The standard InChI is InChI=1S/C13H22N4S/c1-10-11(2)18-12(16-10)6-7-15-13(14)17-8-4-3-5-9-17/h3-9H2,1-2H3,(H2,14,15). The minimum atomic E-state index is 0.708. The lowest BCUT2D eigenvalue weighted by atomic mass is 10.1. The molecule has 0 atom stereocenters. The number of hydrogen-bond acceptors (Lipinski definition) is 3. The molecule has 18 heavy (non-hydrogen) atoms. The van der Waals surface area contributed by atoms with E-state index in [1.165, 1.54) is 29.1 Å². The first-order valence-electron chi connectivity index (χ1n) is 6.64. The van der Waals surface area contributed by atoms with Crippen LogP contribution in [0.3, 0.4) is 0 Å². The van der Waals surface area contributed by atoms with Gasteiger partial charge in [-0.15, -0.1) is 11.3 Å². The highest BCUT2D eigenvalue weighted by Gasteiger charge is 2.11. The van der Waals surface area contributed by atoms with Crippen LogP contribution in [0.5, 0.6) is 0 Å². The van der Waals surface area contributed by atoms with Crippen molar-refractivity contribution in [2.75, 3.05) is 19.6 Å². The average Bonchev–Trinajstić information content (AvgIpc) is 2.69. The molecule has 0 bridgehead atoms. The lowest BCUT2D eigenvalue weighted by Gasteiger charge is -2.27. The van der Waals surface area contributed by atoms with Crippen molar-refractivity contribution in [3.05, 3.63) is 15.6 Å². The summed E-state index contributed by atoms with van der Waals surface area (Å²) in [6.07, 6.45) is 4.69. The van der Waals surface area contributed by atoms with Crippen LogP contribution in [0, 0.1) is 13.8 Å². The maximum atomic E-state index is 6.01. The van der Waals surface area contributed by atoms with E-state index in [1.54, 1.807) is 11.3 Å². The molecule has 2 rings (SSSR count). The summed E-state index contributed by atoms with van der Waals surface area (Å²) in [4.78, 5) is 12.5. The van der Waals surface area contributed by atoms with Crippen LogP contribution in [-0.4, -0.2) is 35.5 Å². The van der Waals surface area contributed by atoms with Gasteiger partial charge in [0.1, 0.15) is 0 Å². The monoisotopic (exact) mass is 266 g/mol. The first-order valence-corrected chi connectivity index (χ1v) is 7.46. The highest BCUT2D eigenvalue weighted by Crippen LogP contribution is 2.16. The number of aromatic nitrogens is 1. The second-order valence-corrected chi connectivity index (χ2v) is 6.07. The summed E-state index contributed by atoms with van der Waals surface area (Å²) >= 11 is 1.77. The molecule has 1 fully saturated rings. The molecule has 0 saturated carbocycles. The Morgan fingerprint density at radius 1 is 1.33 bits per heavy atom. The minimum Gasteiger partial charge on any atom is -0.370 e. The molecular formula is C13H22N4S. The van der Waals surface area contributed by atoms with Gasteiger partial charge in [0, 0.05) is 30.9 Å². The van der Waals surface area contributed by atoms with Gasteiger partial charge in [0.2, 0.25) is 0 Å². The quantitative estimate of drug-likeness (QED) is 0.673. The fraction of sp³-hybridized carbons (Fsp3) is 0.692. The molecule has 1 aliphatic heterocycles. The second kappa shape index (κ2) is 6.18. The summed E-state index contributed by atoms with van der Waals surface area (Å²) in [5.74, 6) is 0.708. The number of nitrogens with zero attached hydrogens (tertiary/aromatic N) is 3.